The second-order valence-electron chi connectivity index (χ2n) is 5.18. The fourth-order valence-corrected chi connectivity index (χ4v) is 2.22. The first-order chi connectivity index (χ1) is 8.42. The number of oxime groups is 1. The van der Waals surface area contributed by atoms with Gasteiger partial charge in [0.05, 0.1) is 6.54 Å². The van der Waals surface area contributed by atoms with Crippen molar-refractivity contribution in [2.24, 2.45) is 10.9 Å². The molecule has 0 spiro atoms. The van der Waals surface area contributed by atoms with Gasteiger partial charge in [0, 0.05) is 13.2 Å². The molecule has 18 heavy (non-hydrogen) atoms. The van der Waals surface area contributed by atoms with Crippen molar-refractivity contribution in [2.45, 2.75) is 51.2 Å². The molecule has 1 aliphatic carbocycles. The van der Waals surface area contributed by atoms with E-state index in [2.05, 4.69) is 5.16 Å². The maximum Gasteiger partial charge on any atom is 0.254 e. The second kappa shape index (κ2) is 6.04. The number of carbonyl (C=O) groups is 1. The van der Waals surface area contributed by atoms with Crippen molar-refractivity contribution in [2.75, 3.05) is 13.7 Å². The van der Waals surface area contributed by atoms with Gasteiger partial charge in [0.25, 0.3) is 5.91 Å². The molecule has 6 heteroatoms. The first kappa shape index (κ1) is 14.8. The number of methoxy groups -OCH3 is 1. The summed E-state index contributed by atoms with van der Waals surface area (Å²) >= 11 is 0. The van der Waals surface area contributed by atoms with E-state index in [-0.39, 0.29) is 24.3 Å². The molecule has 0 atom stereocenters. The molecule has 0 aromatic carbocycles. The number of nitrogens with zero attached hydrogens (tertiary/aromatic N) is 2. The van der Waals surface area contributed by atoms with Crippen molar-refractivity contribution in [3.63, 3.8) is 0 Å². The Kier molecular flexibility index (Phi) is 4.95. The Labute approximate surface area is 108 Å². The lowest BCUT2D eigenvalue weighted by Crippen LogP contribution is -2.52. The van der Waals surface area contributed by atoms with Crippen molar-refractivity contribution in [3.05, 3.63) is 0 Å². The van der Waals surface area contributed by atoms with Gasteiger partial charge in [-0.25, -0.2) is 0 Å². The summed E-state index contributed by atoms with van der Waals surface area (Å²) in [5.74, 6) is -0.0781. The molecule has 1 fully saturated rings. The van der Waals surface area contributed by atoms with Crippen LogP contribution in [-0.2, 0) is 9.53 Å². The van der Waals surface area contributed by atoms with Crippen LogP contribution in [0.3, 0.4) is 0 Å². The number of amides is 1. The third kappa shape index (κ3) is 3.35. The summed E-state index contributed by atoms with van der Waals surface area (Å²) in [5.41, 5.74) is 4.64. The van der Waals surface area contributed by atoms with E-state index >= 15 is 0 Å². The number of amidine groups is 1. The third-order valence-corrected chi connectivity index (χ3v) is 3.51. The van der Waals surface area contributed by atoms with Crippen molar-refractivity contribution in [3.8, 4) is 0 Å². The van der Waals surface area contributed by atoms with Crippen LogP contribution < -0.4 is 5.73 Å². The molecular weight excluding hydrogens is 234 g/mol. The molecule has 6 nitrogen and oxygen atoms in total. The van der Waals surface area contributed by atoms with Gasteiger partial charge >= 0.3 is 0 Å². The zero-order valence-corrected chi connectivity index (χ0v) is 11.3. The van der Waals surface area contributed by atoms with E-state index in [4.69, 9.17) is 15.7 Å². The van der Waals surface area contributed by atoms with Crippen LogP contribution >= 0.6 is 0 Å². The smallest absolute Gasteiger partial charge is 0.254 e. The minimum atomic E-state index is -0.891. The summed E-state index contributed by atoms with van der Waals surface area (Å²) < 4.78 is 5.22. The van der Waals surface area contributed by atoms with E-state index in [1.165, 1.54) is 7.11 Å². The molecule has 104 valence electrons. The Hall–Kier alpha value is -1.30. The zero-order chi connectivity index (χ0) is 13.8. The van der Waals surface area contributed by atoms with Crippen LogP contribution in [0, 0.1) is 0 Å². The van der Waals surface area contributed by atoms with Gasteiger partial charge in [0.1, 0.15) is 5.60 Å². The zero-order valence-electron chi connectivity index (χ0n) is 11.3. The molecule has 0 aromatic rings. The molecule has 0 bridgehead atoms. The minimum absolute atomic E-state index is 0.0437. The minimum Gasteiger partial charge on any atom is -0.409 e. The lowest BCUT2D eigenvalue weighted by molar-refractivity contribution is -0.152. The van der Waals surface area contributed by atoms with Crippen LogP contribution in [-0.4, -0.2) is 47.1 Å². The van der Waals surface area contributed by atoms with E-state index in [0.717, 1.165) is 25.7 Å². The highest BCUT2D eigenvalue weighted by Gasteiger charge is 2.36. The van der Waals surface area contributed by atoms with E-state index in [1.54, 1.807) is 18.7 Å². The lowest BCUT2D eigenvalue weighted by Gasteiger charge is -2.34. The first-order valence-electron chi connectivity index (χ1n) is 6.25. The molecular formula is C12H23N3O3. The quantitative estimate of drug-likeness (QED) is 0.332. The maximum atomic E-state index is 12.4. The molecule has 0 saturated heterocycles. The normalized spacial score (nSPS) is 18.1. The van der Waals surface area contributed by atoms with Crippen LogP contribution in [0.2, 0.25) is 0 Å². The van der Waals surface area contributed by atoms with Crippen molar-refractivity contribution in [1.82, 2.24) is 4.90 Å². The summed E-state index contributed by atoms with van der Waals surface area (Å²) in [6.07, 6.45) is 4.14. The van der Waals surface area contributed by atoms with E-state index in [1.807, 2.05) is 0 Å². The largest absolute Gasteiger partial charge is 0.409 e. The van der Waals surface area contributed by atoms with Crippen LogP contribution in [0.4, 0.5) is 0 Å². The number of carbonyl (C=O) groups excluding carboxylic acids is 1. The highest BCUT2D eigenvalue weighted by Crippen LogP contribution is 2.26. The molecule has 1 rings (SSSR count). The third-order valence-electron chi connectivity index (χ3n) is 3.51. The fraction of sp³-hybridized carbons (Fsp3) is 0.833. The van der Waals surface area contributed by atoms with Gasteiger partial charge in [0.15, 0.2) is 5.84 Å². The highest BCUT2D eigenvalue weighted by atomic mass is 16.5. The Morgan fingerprint density at radius 2 is 2.06 bits per heavy atom. The van der Waals surface area contributed by atoms with E-state index in [9.17, 15) is 4.79 Å². The number of nitrogens with two attached hydrogens (primary N) is 1. The van der Waals surface area contributed by atoms with E-state index < -0.39 is 5.60 Å². The molecule has 0 aromatic heterocycles. The lowest BCUT2D eigenvalue weighted by atomic mass is 10.1. The predicted octanol–water partition coefficient (Wildman–Crippen LogP) is 0.929. The fourth-order valence-electron chi connectivity index (χ4n) is 2.22. The number of hydrogen-bond donors (Lipinski definition) is 2. The summed E-state index contributed by atoms with van der Waals surface area (Å²) in [6.45, 7) is 3.60. The van der Waals surface area contributed by atoms with Gasteiger partial charge in [-0.2, -0.15) is 0 Å². The van der Waals surface area contributed by atoms with Gasteiger partial charge in [-0.15, -0.1) is 0 Å². The standard InChI is InChI=1S/C12H23N3O3/c1-12(2,18-3)11(16)15(8-10(13)14-17)9-6-4-5-7-9/h9,17H,4-8H2,1-3H3,(H2,13,14). The highest BCUT2D eigenvalue weighted by molar-refractivity contribution is 5.90. The molecule has 0 heterocycles. The molecule has 1 amide bonds. The Morgan fingerprint density at radius 1 is 1.50 bits per heavy atom. The van der Waals surface area contributed by atoms with Gasteiger partial charge in [-0.1, -0.05) is 18.0 Å². The number of rotatable bonds is 5. The average molecular weight is 257 g/mol. The molecule has 0 unspecified atom stereocenters. The summed E-state index contributed by atoms with van der Waals surface area (Å²) in [7, 11) is 1.51. The Bertz CT molecular complexity index is 323. The molecule has 3 N–H and O–H groups in total. The average Bonchev–Trinajstić information content (AvgIpc) is 2.88. The topological polar surface area (TPSA) is 88.2 Å². The van der Waals surface area contributed by atoms with Crippen molar-refractivity contribution >= 4 is 11.7 Å². The number of ether oxygens (including phenoxy) is 1. The van der Waals surface area contributed by atoms with Gasteiger partial charge in [-0.3, -0.25) is 4.79 Å². The molecule has 0 radical (unpaired) electrons. The van der Waals surface area contributed by atoms with Crippen LogP contribution in [0.1, 0.15) is 39.5 Å². The van der Waals surface area contributed by atoms with Crippen molar-refractivity contribution < 1.29 is 14.7 Å². The molecule has 0 aliphatic heterocycles. The SMILES string of the molecule is COC(C)(C)C(=O)N(CC(N)=NO)C1CCCC1. The summed E-state index contributed by atoms with van der Waals surface area (Å²) in [4.78, 5) is 14.1. The number of hydrogen-bond acceptors (Lipinski definition) is 4. The van der Waals surface area contributed by atoms with Gasteiger partial charge in [0.2, 0.25) is 0 Å². The van der Waals surface area contributed by atoms with Crippen LogP contribution in [0.15, 0.2) is 5.16 Å². The summed E-state index contributed by atoms with van der Waals surface area (Å²) in [6, 6.07) is 0.159. The van der Waals surface area contributed by atoms with Crippen LogP contribution in [0.25, 0.3) is 0 Å². The summed E-state index contributed by atoms with van der Waals surface area (Å²) in [5, 5.41) is 11.6. The Balaban J connectivity index is 2.85. The predicted molar refractivity (Wildman–Crippen MR) is 68.5 cm³/mol. The Morgan fingerprint density at radius 3 is 2.50 bits per heavy atom. The van der Waals surface area contributed by atoms with E-state index in [0.29, 0.717) is 0 Å². The maximum absolute atomic E-state index is 12.4. The van der Waals surface area contributed by atoms with Crippen LogP contribution in [0.5, 0.6) is 0 Å². The molecule has 1 saturated carbocycles. The molecule has 1 aliphatic rings. The van der Waals surface area contributed by atoms with Gasteiger partial charge < -0.3 is 20.6 Å². The van der Waals surface area contributed by atoms with Crippen molar-refractivity contribution in [1.29, 1.82) is 0 Å². The van der Waals surface area contributed by atoms with Gasteiger partial charge in [-0.05, 0) is 26.7 Å². The monoisotopic (exact) mass is 257 g/mol. The second-order valence-corrected chi connectivity index (χ2v) is 5.18. The first-order valence-corrected chi connectivity index (χ1v) is 6.25.